The highest BCUT2D eigenvalue weighted by atomic mass is 16.5. The minimum absolute atomic E-state index is 0.137. The van der Waals surface area contributed by atoms with Crippen LogP contribution in [0.5, 0.6) is 5.75 Å². The SMILES string of the molecule is CCC(=O)N1CCc2ccc(OCc3ccc(C(=O)NC4CC4)o3)cc2C1c1ccc(C)cc1. The molecule has 0 saturated heterocycles. The van der Waals surface area contributed by atoms with Gasteiger partial charge in [0.25, 0.3) is 5.91 Å². The molecule has 1 unspecified atom stereocenters. The molecule has 0 radical (unpaired) electrons. The van der Waals surface area contributed by atoms with Crippen molar-refractivity contribution in [3.05, 3.63) is 88.4 Å². The van der Waals surface area contributed by atoms with Gasteiger partial charge in [-0.25, -0.2) is 0 Å². The summed E-state index contributed by atoms with van der Waals surface area (Å²) in [6.45, 7) is 4.90. The fraction of sp³-hybridized carbons (Fsp3) is 0.357. The van der Waals surface area contributed by atoms with Crippen molar-refractivity contribution < 1.29 is 18.7 Å². The monoisotopic (exact) mass is 458 g/mol. The standard InChI is InChI=1S/C28H30N2O4/c1-3-26(31)30-15-14-19-8-11-22(16-24(19)27(30)20-6-4-18(2)5-7-20)33-17-23-12-13-25(34-23)28(32)29-21-9-10-21/h4-8,11-13,16,21,27H,3,9-10,14-15,17H2,1-2H3,(H,29,32). The Balaban J connectivity index is 1.36. The number of aryl methyl sites for hydroxylation is 1. The van der Waals surface area contributed by atoms with E-state index < -0.39 is 0 Å². The van der Waals surface area contributed by atoms with Gasteiger partial charge in [0.2, 0.25) is 5.91 Å². The zero-order chi connectivity index (χ0) is 23.7. The topological polar surface area (TPSA) is 71.8 Å². The van der Waals surface area contributed by atoms with Crippen molar-refractivity contribution in [2.45, 2.75) is 58.2 Å². The average Bonchev–Trinajstić information content (AvgIpc) is 3.54. The lowest BCUT2D eigenvalue weighted by atomic mass is 9.87. The van der Waals surface area contributed by atoms with Crippen LogP contribution in [0.3, 0.4) is 0 Å². The number of hydrogen-bond donors (Lipinski definition) is 1. The third-order valence-corrected chi connectivity index (χ3v) is 6.54. The molecular weight excluding hydrogens is 428 g/mol. The van der Waals surface area contributed by atoms with E-state index in [1.165, 1.54) is 11.1 Å². The molecule has 2 amide bonds. The minimum atomic E-state index is -0.177. The van der Waals surface area contributed by atoms with Crippen molar-refractivity contribution in [2.24, 2.45) is 0 Å². The Morgan fingerprint density at radius 2 is 1.88 bits per heavy atom. The lowest BCUT2D eigenvalue weighted by Gasteiger charge is -2.38. The fourth-order valence-corrected chi connectivity index (χ4v) is 4.48. The minimum Gasteiger partial charge on any atom is -0.486 e. The number of rotatable bonds is 7. The predicted molar refractivity (Wildman–Crippen MR) is 129 cm³/mol. The van der Waals surface area contributed by atoms with E-state index in [-0.39, 0.29) is 30.5 Å². The van der Waals surface area contributed by atoms with Gasteiger partial charge in [-0.05, 0) is 67.1 Å². The van der Waals surface area contributed by atoms with Crippen molar-refractivity contribution in [3.8, 4) is 5.75 Å². The van der Waals surface area contributed by atoms with E-state index in [2.05, 4.69) is 42.6 Å². The van der Waals surface area contributed by atoms with Crippen LogP contribution in [0.15, 0.2) is 59.0 Å². The molecule has 0 bridgehead atoms. The van der Waals surface area contributed by atoms with Crippen LogP contribution in [0.4, 0.5) is 0 Å². The molecular formula is C28H30N2O4. The van der Waals surface area contributed by atoms with Gasteiger partial charge in [0.15, 0.2) is 5.76 Å². The van der Waals surface area contributed by atoms with E-state index >= 15 is 0 Å². The van der Waals surface area contributed by atoms with Crippen LogP contribution in [0, 0.1) is 6.92 Å². The second-order valence-electron chi connectivity index (χ2n) is 9.17. The first-order valence-electron chi connectivity index (χ1n) is 12.0. The molecule has 1 aliphatic carbocycles. The summed E-state index contributed by atoms with van der Waals surface area (Å²) in [4.78, 5) is 26.9. The van der Waals surface area contributed by atoms with Gasteiger partial charge in [-0.3, -0.25) is 9.59 Å². The molecule has 2 aliphatic rings. The van der Waals surface area contributed by atoms with Crippen molar-refractivity contribution in [1.82, 2.24) is 10.2 Å². The lowest BCUT2D eigenvalue weighted by molar-refractivity contribution is -0.132. The van der Waals surface area contributed by atoms with Crippen LogP contribution in [-0.2, 0) is 17.8 Å². The smallest absolute Gasteiger partial charge is 0.287 e. The van der Waals surface area contributed by atoms with Gasteiger partial charge in [-0.2, -0.15) is 0 Å². The number of ether oxygens (including phenoxy) is 1. The third kappa shape index (κ3) is 4.72. The quantitative estimate of drug-likeness (QED) is 0.544. The molecule has 6 nitrogen and oxygen atoms in total. The fourth-order valence-electron chi connectivity index (χ4n) is 4.48. The van der Waals surface area contributed by atoms with Crippen molar-refractivity contribution >= 4 is 11.8 Å². The summed E-state index contributed by atoms with van der Waals surface area (Å²) in [5, 5.41) is 2.93. The lowest BCUT2D eigenvalue weighted by Crippen LogP contribution is -2.40. The second-order valence-corrected chi connectivity index (χ2v) is 9.17. The Hall–Kier alpha value is -3.54. The van der Waals surface area contributed by atoms with E-state index in [9.17, 15) is 9.59 Å². The van der Waals surface area contributed by atoms with Crippen LogP contribution >= 0.6 is 0 Å². The highest BCUT2D eigenvalue weighted by Crippen LogP contribution is 2.37. The van der Waals surface area contributed by atoms with Crippen molar-refractivity contribution in [2.75, 3.05) is 6.54 Å². The normalized spacial score (nSPS) is 17.2. The maximum atomic E-state index is 12.8. The molecule has 0 spiro atoms. The zero-order valence-corrected chi connectivity index (χ0v) is 19.7. The summed E-state index contributed by atoms with van der Waals surface area (Å²) >= 11 is 0. The molecule has 1 atom stereocenters. The summed E-state index contributed by atoms with van der Waals surface area (Å²) < 4.78 is 11.7. The molecule has 1 fully saturated rings. The number of carbonyl (C=O) groups excluding carboxylic acids is 2. The number of nitrogens with one attached hydrogen (secondary N) is 1. The van der Waals surface area contributed by atoms with Gasteiger partial charge in [0.05, 0.1) is 6.04 Å². The molecule has 1 saturated carbocycles. The van der Waals surface area contributed by atoms with Crippen molar-refractivity contribution in [3.63, 3.8) is 0 Å². The highest BCUT2D eigenvalue weighted by molar-refractivity contribution is 5.91. The third-order valence-electron chi connectivity index (χ3n) is 6.54. The number of hydrogen-bond acceptors (Lipinski definition) is 4. The van der Waals surface area contributed by atoms with Gasteiger partial charge < -0.3 is 19.4 Å². The Labute approximate surface area is 199 Å². The van der Waals surface area contributed by atoms with E-state index in [4.69, 9.17) is 9.15 Å². The van der Waals surface area contributed by atoms with Gasteiger partial charge in [0.1, 0.15) is 18.1 Å². The van der Waals surface area contributed by atoms with Gasteiger partial charge >= 0.3 is 0 Å². The van der Waals surface area contributed by atoms with Crippen molar-refractivity contribution in [1.29, 1.82) is 0 Å². The first-order chi connectivity index (χ1) is 16.5. The molecule has 1 N–H and O–H groups in total. The number of amides is 2. The van der Waals surface area contributed by atoms with Crippen LogP contribution in [-0.4, -0.2) is 29.3 Å². The van der Waals surface area contributed by atoms with E-state index in [0.29, 0.717) is 30.2 Å². The van der Waals surface area contributed by atoms with E-state index in [1.807, 2.05) is 24.0 Å². The predicted octanol–water partition coefficient (Wildman–Crippen LogP) is 4.94. The summed E-state index contributed by atoms with van der Waals surface area (Å²) in [5.74, 6) is 1.59. The molecule has 2 aromatic carbocycles. The summed E-state index contributed by atoms with van der Waals surface area (Å²) in [6, 6.07) is 18.1. The Morgan fingerprint density at radius 1 is 1.09 bits per heavy atom. The van der Waals surface area contributed by atoms with Gasteiger partial charge in [-0.1, -0.05) is 42.8 Å². The molecule has 1 aromatic heterocycles. The first-order valence-corrected chi connectivity index (χ1v) is 12.0. The molecule has 6 heteroatoms. The number of nitrogens with zero attached hydrogens (tertiary/aromatic N) is 1. The number of benzene rings is 2. The maximum absolute atomic E-state index is 12.8. The van der Waals surface area contributed by atoms with Crippen LogP contribution in [0.2, 0.25) is 0 Å². The molecule has 176 valence electrons. The number of fused-ring (bicyclic) bond motifs is 1. The van der Waals surface area contributed by atoms with Crippen LogP contribution in [0.1, 0.15) is 70.8 Å². The molecule has 5 rings (SSSR count). The molecule has 2 heterocycles. The Morgan fingerprint density at radius 3 is 2.62 bits per heavy atom. The number of furan rings is 1. The Kier molecular flexibility index (Phi) is 6.14. The zero-order valence-electron chi connectivity index (χ0n) is 19.7. The second kappa shape index (κ2) is 9.37. The first kappa shape index (κ1) is 22.3. The summed E-state index contributed by atoms with van der Waals surface area (Å²) in [7, 11) is 0. The van der Waals surface area contributed by atoms with E-state index in [0.717, 1.165) is 30.4 Å². The van der Waals surface area contributed by atoms with Gasteiger partial charge in [0, 0.05) is 19.0 Å². The highest BCUT2D eigenvalue weighted by Gasteiger charge is 2.31. The van der Waals surface area contributed by atoms with Gasteiger partial charge in [-0.15, -0.1) is 0 Å². The molecule has 3 aromatic rings. The van der Waals surface area contributed by atoms with E-state index in [1.54, 1.807) is 12.1 Å². The summed E-state index contributed by atoms with van der Waals surface area (Å²) in [6.07, 6.45) is 3.36. The maximum Gasteiger partial charge on any atom is 0.287 e. The molecule has 34 heavy (non-hydrogen) atoms. The van der Waals surface area contributed by atoms with Crippen LogP contribution < -0.4 is 10.1 Å². The van der Waals surface area contributed by atoms with Crippen LogP contribution in [0.25, 0.3) is 0 Å². The Bertz CT molecular complexity index is 1190. The largest absolute Gasteiger partial charge is 0.486 e. The number of carbonyl (C=O) groups is 2. The molecule has 1 aliphatic heterocycles. The average molecular weight is 459 g/mol. The summed E-state index contributed by atoms with van der Waals surface area (Å²) in [5.41, 5.74) is 4.62.